The number of benzene rings is 2. The van der Waals surface area contributed by atoms with Gasteiger partial charge in [-0.05, 0) is 17.7 Å². The maximum Gasteiger partial charge on any atom is 0.491 e. The molecule has 0 aliphatic heterocycles. The summed E-state index contributed by atoms with van der Waals surface area (Å²) < 4.78 is 15.2. The van der Waals surface area contributed by atoms with Crippen LogP contribution in [0.1, 0.15) is 5.56 Å². The molecule has 1 aromatic heterocycles. The van der Waals surface area contributed by atoms with Crippen LogP contribution in [0, 0.1) is 5.82 Å². The highest BCUT2D eigenvalue weighted by atomic mass is 19.1. The van der Waals surface area contributed by atoms with Gasteiger partial charge in [0.05, 0.1) is 18.3 Å². The average Bonchev–Trinajstić information content (AvgIpc) is 2.84. The van der Waals surface area contributed by atoms with Gasteiger partial charge in [-0.15, -0.1) is 0 Å². The topological polar surface area (TPSA) is 58.3 Å². The Kier molecular flexibility index (Phi) is 3.26. The zero-order chi connectivity index (χ0) is 14.1. The number of fused-ring (bicyclic) bond motifs is 1. The molecule has 3 aromatic rings. The first-order chi connectivity index (χ1) is 9.65. The van der Waals surface area contributed by atoms with Crippen molar-refractivity contribution in [1.82, 2.24) is 9.78 Å². The third-order valence-electron chi connectivity index (χ3n) is 3.22. The lowest BCUT2D eigenvalue weighted by molar-refractivity contribution is 0.423. The van der Waals surface area contributed by atoms with Crippen molar-refractivity contribution < 1.29 is 14.4 Å². The SMILES string of the molecule is OB(O)c1cc(Cn2ncc3ccccc32)ccc1F. The van der Waals surface area contributed by atoms with Gasteiger partial charge in [0, 0.05) is 10.8 Å². The number of nitrogens with zero attached hydrogens (tertiary/aromatic N) is 2. The summed E-state index contributed by atoms with van der Waals surface area (Å²) in [5.41, 5.74) is 1.60. The minimum absolute atomic E-state index is 0.126. The minimum Gasteiger partial charge on any atom is -0.423 e. The van der Waals surface area contributed by atoms with Gasteiger partial charge in [0.15, 0.2) is 0 Å². The maximum atomic E-state index is 13.4. The van der Waals surface area contributed by atoms with Gasteiger partial charge in [0.25, 0.3) is 0 Å². The molecule has 0 unspecified atom stereocenters. The molecule has 1 heterocycles. The normalized spacial score (nSPS) is 10.9. The number of halogens is 1. The number of hydrogen-bond donors (Lipinski definition) is 2. The third kappa shape index (κ3) is 2.31. The van der Waals surface area contributed by atoms with E-state index in [4.69, 9.17) is 10.0 Å². The lowest BCUT2D eigenvalue weighted by Gasteiger charge is -2.07. The summed E-state index contributed by atoms with van der Waals surface area (Å²) in [6.07, 6.45) is 1.76. The van der Waals surface area contributed by atoms with E-state index in [-0.39, 0.29) is 5.46 Å². The van der Waals surface area contributed by atoms with Crippen LogP contribution >= 0.6 is 0 Å². The van der Waals surface area contributed by atoms with Gasteiger partial charge in [-0.25, -0.2) is 4.39 Å². The quantitative estimate of drug-likeness (QED) is 0.695. The molecule has 0 saturated heterocycles. The van der Waals surface area contributed by atoms with E-state index in [2.05, 4.69) is 5.10 Å². The molecular weight excluding hydrogens is 258 g/mol. The van der Waals surface area contributed by atoms with Crippen LogP contribution < -0.4 is 5.46 Å². The molecule has 0 saturated carbocycles. The van der Waals surface area contributed by atoms with E-state index in [1.165, 1.54) is 12.1 Å². The van der Waals surface area contributed by atoms with E-state index in [0.717, 1.165) is 16.5 Å². The Morgan fingerprint density at radius 1 is 1.15 bits per heavy atom. The molecule has 0 aliphatic rings. The van der Waals surface area contributed by atoms with Gasteiger partial charge in [0.1, 0.15) is 5.82 Å². The highest BCUT2D eigenvalue weighted by Gasteiger charge is 2.17. The molecule has 0 spiro atoms. The fourth-order valence-electron chi connectivity index (χ4n) is 2.21. The molecule has 0 fully saturated rings. The van der Waals surface area contributed by atoms with Crippen molar-refractivity contribution in [2.24, 2.45) is 0 Å². The Balaban J connectivity index is 1.97. The van der Waals surface area contributed by atoms with E-state index >= 15 is 0 Å². The second-order valence-electron chi connectivity index (χ2n) is 4.59. The highest BCUT2D eigenvalue weighted by molar-refractivity contribution is 6.58. The van der Waals surface area contributed by atoms with Crippen molar-refractivity contribution in [2.75, 3.05) is 0 Å². The lowest BCUT2D eigenvalue weighted by Crippen LogP contribution is -2.33. The number of aromatic nitrogens is 2. The predicted molar refractivity (Wildman–Crippen MR) is 75.1 cm³/mol. The number of para-hydroxylation sites is 1. The summed E-state index contributed by atoms with van der Waals surface area (Å²) in [6, 6.07) is 12.1. The second-order valence-corrected chi connectivity index (χ2v) is 4.59. The largest absolute Gasteiger partial charge is 0.491 e. The first kappa shape index (κ1) is 12.8. The Morgan fingerprint density at radius 2 is 1.95 bits per heavy atom. The van der Waals surface area contributed by atoms with Crippen LogP contribution in [-0.4, -0.2) is 26.9 Å². The molecule has 0 radical (unpaired) electrons. The third-order valence-corrected chi connectivity index (χ3v) is 3.22. The van der Waals surface area contributed by atoms with E-state index < -0.39 is 12.9 Å². The molecule has 0 bridgehead atoms. The maximum absolute atomic E-state index is 13.4. The van der Waals surface area contributed by atoms with Crippen LogP contribution in [0.3, 0.4) is 0 Å². The average molecular weight is 270 g/mol. The summed E-state index contributed by atoms with van der Waals surface area (Å²) in [5.74, 6) is -0.630. The molecule has 3 rings (SSSR count). The molecule has 0 amide bonds. The molecule has 2 N–H and O–H groups in total. The van der Waals surface area contributed by atoms with Crippen LogP contribution in [0.25, 0.3) is 10.9 Å². The standard InChI is InChI=1S/C14H12BFN2O2/c16-13-6-5-10(7-12(13)15(19)20)9-18-14-4-2-1-3-11(14)8-17-18/h1-8,19-20H,9H2. The number of rotatable bonds is 3. The Labute approximate surface area is 115 Å². The molecule has 20 heavy (non-hydrogen) atoms. The van der Waals surface area contributed by atoms with E-state index in [1.807, 2.05) is 24.3 Å². The second kappa shape index (κ2) is 5.07. The Morgan fingerprint density at radius 3 is 2.75 bits per heavy atom. The zero-order valence-electron chi connectivity index (χ0n) is 10.6. The van der Waals surface area contributed by atoms with Crippen LogP contribution in [0.2, 0.25) is 0 Å². The van der Waals surface area contributed by atoms with Crippen LogP contribution in [0.4, 0.5) is 4.39 Å². The monoisotopic (exact) mass is 270 g/mol. The smallest absolute Gasteiger partial charge is 0.423 e. The molecule has 6 heteroatoms. The van der Waals surface area contributed by atoms with Gasteiger partial charge in [-0.1, -0.05) is 30.3 Å². The van der Waals surface area contributed by atoms with Crippen molar-refractivity contribution in [3.05, 3.63) is 60.0 Å². The van der Waals surface area contributed by atoms with Crippen LogP contribution in [0.5, 0.6) is 0 Å². The van der Waals surface area contributed by atoms with E-state index in [1.54, 1.807) is 16.9 Å². The van der Waals surface area contributed by atoms with E-state index in [0.29, 0.717) is 6.54 Å². The van der Waals surface area contributed by atoms with Crippen molar-refractivity contribution in [3.63, 3.8) is 0 Å². The highest BCUT2D eigenvalue weighted by Crippen LogP contribution is 2.14. The first-order valence-corrected chi connectivity index (χ1v) is 6.20. The van der Waals surface area contributed by atoms with Crippen molar-refractivity contribution >= 4 is 23.5 Å². The van der Waals surface area contributed by atoms with Gasteiger partial charge < -0.3 is 10.0 Å². The molecule has 0 aliphatic carbocycles. The number of hydrogen-bond acceptors (Lipinski definition) is 3. The van der Waals surface area contributed by atoms with Crippen LogP contribution in [0.15, 0.2) is 48.7 Å². The van der Waals surface area contributed by atoms with Crippen LogP contribution in [-0.2, 0) is 6.54 Å². The molecule has 2 aromatic carbocycles. The van der Waals surface area contributed by atoms with Crippen molar-refractivity contribution in [2.45, 2.75) is 6.54 Å². The van der Waals surface area contributed by atoms with Gasteiger partial charge in [0.2, 0.25) is 0 Å². The van der Waals surface area contributed by atoms with Gasteiger partial charge >= 0.3 is 7.12 Å². The summed E-state index contributed by atoms with van der Waals surface area (Å²) in [6.45, 7) is 0.438. The molecule has 100 valence electrons. The van der Waals surface area contributed by atoms with E-state index in [9.17, 15) is 4.39 Å². The summed E-state index contributed by atoms with van der Waals surface area (Å²) in [5, 5.41) is 23.6. The van der Waals surface area contributed by atoms with Gasteiger partial charge in [-0.2, -0.15) is 5.10 Å². The van der Waals surface area contributed by atoms with Crippen molar-refractivity contribution in [1.29, 1.82) is 0 Å². The Hall–Kier alpha value is -2.18. The summed E-state index contributed by atoms with van der Waals surface area (Å²) in [4.78, 5) is 0. The fraction of sp³-hybridized carbons (Fsp3) is 0.0714. The fourth-order valence-corrected chi connectivity index (χ4v) is 2.21. The summed E-state index contributed by atoms with van der Waals surface area (Å²) in [7, 11) is -1.82. The summed E-state index contributed by atoms with van der Waals surface area (Å²) >= 11 is 0. The molecule has 4 nitrogen and oxygen atoms in total. The lowest BCUT2D eigenvalue weighted by atomic mass is 9.79. The zero-order valence-corrected chi connectivity index (χ0v) is 10.6. The Bertz CT molecular complexity index is 758. The predicted octanol–water partition coefficient (Wildman–Crippen LogP) is 0.903. The molecular formula is C14H12BFN2O2. The first-order valence-electron chi connectivity index (χ1n) is 6.20. The van der Waals surface area contributed by atoms with Crippen molar-refractivity contribution in [3.8, 4) is 0 Å². The molecule has 0 atom stereocenters. The van der Waals surface area contributed by atoms with Gasteiger partial charge in [-0.3, -0.25) is 4.68 Å². The minimum atomic E-state index is -1.82.